The molecule has 0 bridgehead atoms. The summed E-state index contributed by atoms with van der Waals surface area (Å²) in [7, 11) is 0. The Morgan fingerprint density at radius 1 is 1.08 bits per heavy atom. The Balaban J connectivity index is 1.18. The van der Waals surface area contributed by atoms with E-state index in [0.717, 1.165) is 34.5 Å². The van der Waals surface area contributed by atoms with Crippen LogP contribution in [0.15, 0.2) is 71.5 Å². The van der Waals surface area contributed by atoms with Crippen LogP contribution in [0.1, 0.15) is 41.2 Å². The molecule has 0 saturated carbocycles. The van der Waals surface area contributed by atoms with E-state index in [0.29, 0.717) is 31.2 Å². The number of carbonyl (C=O) groups is 1. The van der Waals surface area contributed by atoms with Gasteiger partial charge in [-0.2, -0.15) is 0 Å². The highest BCUT2D eigenvalue weighted by atomic mass is 16.5. The number of aliphatic hydroxyl groups excluding tert-OH is 1. The second-order valence-corrected chi connectivity index (χ2v) is 9.03. The van der Waals surface area contributed by atoms with Crippen LogP contribution >= 0.6 is 0 Å². The summed E-state index contributed by atoms with van der Waals surface area (Å²) in [6.07, 6.45) is 2.81. The van der Waals surface area contributed by atoms with Crippen LogP contribution in [-0.4, -0.2) is 48.9 Å². The molecule has 2 aromatic heterocycles. The number of hydrogen-bond donors (Lipinski definition) is 2. The van der Waals surface area contributed by atoms with Crippen molar-refractivity contribution in [3.8, 4) is 23.2 Å². The van der Waals surface area contributed by atoms with Gasteiger partial charge >= 0.3 is 5.97 Å². The lowest BCUT2D eigenvalue weighted by molar-refractivity contribution is -0.147. The largest absolute Gasteiger partial charge is 0.481 e. The molecular weight excluding hydrogens is 456 g/mol. The first-order valence-corrected chi connectivity index (χ1v) is 11.8. The third kappa shape index (κ3) is 5.38. The quantitative estimate of drug-likeness (QED) is 0.388. The number of nitrogens with zero attached hydrogens (tertiary/aromatic N) is 4. The molecular formula is C28H26N4O4. The predicted octanol–water partition coefficient (Wildman–Crippen LogP) is 3.56. The molecule has 1 fully saturated rings. The molecule has 0 spiro atoms. The number of imidazole rings is 1. The van der Waals surface area contributed by atoms with E-state index in [9.17, 15) is 9.90 Å². The summed E-state index contributed by atoms with van der Waals surface area (Å²) in [6, 6.07) is 17.7. The van der Waals surface area contributed by atoms with E-state index in [2.05, 4.69) is 26.9 Å². The van der Waals surface area contributed by atoms with Crippen molar-refractivity contribution in [1.29, 1.82) is 0 Å². The van der Waals surface area contributed by atoms with Crippen molar-refractivity contribution in [3.63, 3.8) is 0 Å². The molecule has 1 atom stereocenters. The number of rotatable bonds is 7. The maximum absolute atomic E-state index is 10.9. The van der Waals surface area contributed by atoms with Gasteiger partial charge in [-0.3, -0.25) is 9.69 Å². The van der Waals surface area contributed by atoms with E-state index in [1.165, 1.54) is 0 Å². The molecule has 1 aliphatic heterocycles. The summed E-state index contributed by atoms with van der Waals surface area (Å²) in [5.41, 5.74) is 4.61. The zero-order valence-corrected chi connectivity index (χ0v) is 19.8. The van der Waals surface area contributed by atoms with Crippen LogP contribution in [0.25, 0.3) is 11.3 Å². The molecule has 2 N–H and O–H groups in total. The predicted molar refractivity (Wildman–Crippen MR) is 133 cm³/mol. The molecule has 0 aliphatic carbocycles. The van der Waals surface area contributed by atoms with Gasteiger partial charge < -0.3 is 19.3 Å². The minimum absolute atomic E-state index is 0.237. The van der Waals surface area contributed by atoms with E-state index >= 15 is 0 Å². The van der Waals surface area contributed by atoms with E-state index in [4.69, 9.17) is 9.63 Å². The molecule has 0 radical (unpaired) electrons. The first-order chi connectivity index (χ1) is 17.4. The number of benzene rings is 2. The van der Waals surface area contributed by atoms with Crippen LogP contribution < -0.4 is 0 Å². The maximum atomic E-state index is 10.9. The fraction of sp³-hybridized carbons (Fsp3) is 0.250. The third-order valence-corrected chi connectivity index (χ3v) is 6.20. The number of hydrogen-bond acceptors (Lipinski definition) is 6. The highest BCUT2D eigenvalue weighted by molar-refractivity contribution is 5.71. The van der Waals surface area contributed by atoms with Crippen molar-refractivity contribution in [1.82, 2.24) is 19.6 Å². The summed E-state index contributed by atoms with van der Waals surface area (Å²) >= 11 is 0. The van der Waals surface area contributed by atoms with Gasteiger partial charge in [-0.15, -0.1) is 0 Å². The Hall–Kier alpha value is -4.19. The van der Waals surface area contributed by atoms with Gasteiger partial charge in [0.25, 0.3) is 0 Å². The van der Waals surface area contributed by atoms with E-state index < -0.39 is 12.1 Å². The Morgan fingerprint density at radius 2 is 1.75 bits per heavy atom. The lowest BCUT2D eigenvalue weighted by Gasteiger charge is -2.36. The standard InChI is InChI=1S/C28H26N4O4/c1-19(33)27-29-12-13-32(27)18-25-14-26(36-30-25)23-10-8-21(9-11-23)3-2-20-4-6-22(7-5-20)15-31-16-24(17-31)28(34)35/h4-14,19,24,33H,15-18H2,1H3,(H,34,35). The summed E-state index contributed by atoms with van der Waals surface area (Å²) < 4.78 is 7.37. The zero-order valence-electron chi connectivity index (χ0n) is 19.8. The van der Waals surface area contributed by atoms with Crippen molar-refractivity contribution in [2.24, 2.45) is 5.92 Å². The summed E-state index contributed by atoms with van der Waals surface area (Å²) in [5, 5.41) is 23.0. The average Bonchev–Trinajstić information content (AvgIpc) is 3.51. The molecule has 4 aromatic rings. The Bertz CT molecular complexity index is 1400. The minimum atomic E-state index is -0.715. The summed E-state index contributed by atoms with van der Waals surface area (Å²) in [4.78, 5) is 17.2. The number of carboxylic acids is 1. The Morgan fingerprint density at radius 3 is 2.39 bits per heavy atom. The number of aliphatic hydroxyl groups is 1. The first-order valence-electron chi connectivity index (χ1n) is 11.8. The van der Waals surface area contributed by atoms with Gasteiger partial charge in [-0.1, -0.05) is 29.1 Å². The molecule has 1 saturated heterocycles. The summed E-state index contributed by atoms with van der Waals surface area (Å²) in [5.74, 6) is 6.67. The second kappa shape index (κ2) is 10.2. The maximum Gasteiger partial charge on any atom is 0.309 e. The van der Waals surface area contributed by atoms with Gasteiger partial charge in [0, 0.05) is 54.8 Å². The van der Waals surface area contributed by atoms with Crippen molar-refractivity contribution < 1.29 is 19.5 Å². The molecule has 8 heteroatoms. The lowest BCUT2D eigenvalue weighted by atomic mass is 9.99. The molecule has 36 heavy (non-hydrogen) atoms. The SMILES string of the molecule is CC(O)c1nccn1Cc1cc(-c2ccc(C#Cc3ccc(CN4CC(C(=O)O)C4)cc3)cc2)on1. The fourth-order valence-corrected chi connectivity index (χ4v) is 4.19. The van der Waals surface area contributed by atoms with Crippen LogP contribution in [0.2, 0.25) is 0 Å². The topological polar surface area (TPSA) is 105 Å². The first kappa shape index (κ1) is 23.5. The Kier molecular flexibility index (Phi) is 6.67. The normalized spacial score (nSPS) is 14.6. The van der Waals surface area contributed by atoms with Gasteiger partial charge in [-0.05, 0) is 48.9 Å². The molecule has 2 aromatic carbocycles. The molecule has 8 nitrogen and oxygen atoms in total. The van der Waals surface area contributed by atoms with E-state index in [1.807, 2.05) is 59.2 Å². The van der Waals surface area contributed by atoms with Crippen molar-refractivity contribution >= 4 is 5.97 Å². The monoisotopic (exact) mass is 482 g/mol. The number of carboxylic acid groups (broad SMARTS) is 1. The molecule has 5 rings (SSSR count). The van der Waals surface area contributed by atoms with Gasteiger partial charge in [0.1, 0.15) is 17.6 Å². The van der Waals surface area contributed by atoms with Crippen LogP contribution in [0.3, 0.4) is 0 Å². The van der Waals surface area contributed by atoms with Gasteiger partial charge in [0.15, 0.2) is 5.76 Å². The van der Waals surface area contributed by atoms with Crippen molar-refractivity contribution in [2.75, 3.05) is 13.1 Å². The minimum Gasteiger partial charge on any atom is -0.481 e. The van der Waals surface area contributed by atoms with Crippen molar-refractivity contribution in [3.05, 3.63) is 95.2 Å². The lowest BCUT2D eigenvalue weighted by Crippen LogP contribution is -2.49. The van der Waals surface area contributed by atoms with Crippen LogP contribution in [0.4, 0.5) is 0 Å². The fourth-order valence-electron chi connectivity index (χ4n) is 4.19. The third-order valence-electron chi connectivity index (χ3n) is 6.20. The van der Waals surface area contributed by atoms with E-state index in [1.54, 1.807) is 19.3 Å². The number of likely N-dealkylation sites (tertiary alicyclic amines) is 1. The highest BCUT2D eigenvalue weighted by Gasteiger charge is 2.32. The number of aliphatic carboxylic acids is 1. The average molecular weight is 483 g/mol. The molecule has 3 heterocycles. The smallest absolute Gasteiger partial charge is 0.309 e. The molecule has 182 valence electrons. The van der Waals surface area contributed by atoms with Crippen molar-refractivity contribution in [2.45, 2.75) is 26.1 Å². The highest BCUT2D eigenvalue weighted by Crippen LogP contribution is 2.22. The molecule has 0 amide bonds. The van der Waals surface area contributed by atoms with Crippen LogP contribution in [0, 0.1) is 17.8 Å². The van der Waals surface area contributed by atoms with E-state index in [-0.39, 0.29) is 5.92 Å². The van der Waals surface area contributed by atoms with Crippen LogP contribution in [0.5, 0.6) is 0 Å². The van der Waals surface area contributed by atoms with Gasteiger partial charge in [0.2, 0.25) is 0 Å². The zero-order chi connectivity index (χ0) is 25.1. The van der Waals surface area contributed by atoms with Gasteiger partial charge in [-0.25, -0.2) is 4.98 Å². The summed E-state index contributed by atoms with van der Waals surface area (Å²) in [6.45, 7) is 4.12. The second-order valence-electron chi connectivity index (χ2n) is 9.03. The number of aromatic nitrogens is 3. The van der Waals surface area contributed by atoms with Crippen LogP contribution in [-0.2, 0) is 17.9 Å². The molecule has 1 unspecified atom stereocenters. The Labute approximate surface area is 208 Å². The van der Waals surface area contributed by atoms with Gasteiger partial charge in [0.05, 0.1) is 12.5 Å². The molecule has 1 aliphatic rings.